The molecule has 0 aliphatic carbocycles. The van der Waals surface area contributed by atoms with Crippen LogP contribution in [0.3, 0.4) is 0 Å². The minimum absolute atomic E-state index is 0. The lowest BCUT2D eigenvalue weighted by Crippen LogP contribution is -2.43. The third-order valence-electron chi connectivity index (χ3n) is 4.43. The van der Waals surface area contributed by atoms with Gasteiger partial charge in [0.1, 0.15) is 5.82 Å². The van der Waals surface area contributed by atoms with E-state index in [9.17, 15) is 0 Å². The highest BCUT2D eigenvalue weighted by Crippen LogP contribution is 2.17. The van der Waals surface area contributed by atoms with E-state index in [0.29, 0.717) is 6.04 Å². The van der Waals surface area contributed by atoms with Gasteiger partial charge >= 0.3 is 0 Å². The maximum atomic E-state index is 4.62. The Morgan fingerprint density at radius 2 is 1.96 bits per heavy atom. The second kappa shape index (κ2) is 9.06. The molecule has 1 N–H and O–H groups in total. The Bertz CT molecular complexity index is 563. The number of rotatable bonds is 6. The first kappa shape index (κ1) is 18.0. The van der Waals surface area contributed by atoms with Gasteiger partial charge in [-0.3, -0.25) is 4.90 Å². The lowest BCUT2D eigenvalue weighted by atomic mass is 10.0. The zero-order valence-electron chi connectivity index (χ0n) is 13.8. The van der Waals surface area contributed by atoms with Crippen molar-refractivity contribution in [3.8, 4) is 5.69 Å². The molecule has 4 nitrogen and oxygen atoms in total. The number of aromatic nitrogens is 2. The Labute approximate surface area is 145 Å². The summed E-state index contributed by atoms with van der Waals surface area (Å²) >= 11 is 0. The van der Waals surface area contributed by atoms with Crippen LogP contribution in [0.25, 0.3) is 5.69 Å². The van der Waals surface area contributed by atoms with Crippen LogP contribution in [0.15, 0.2) is 42.7 Å². The number of nitrogens with zero attached hydrogens (tertiary/aromatic N) is 3. The van der Waals surface area contributed by atoms with Gasteiger partial charge in [-0.05, 0) is 51.0 Å². The third kappa shape index (κ3) is 4.56. The van der Waals surface area contributed by atoms with E-state index >= 15 is 0 Å². The minimum atomic E-state index is 0. The minimum Gasteiger partial charge on any atom is -0.317 e. The van der Waals surface area contributed by atoms with Crippen LogP contribution in [0.4, 0.5) is 0 Å². The average Bonchev–Trinajstić information content (AvgIpc) is 3.04. The number of hydrogen-bond donors (Lipinski definition) is 1. The first-order valence-corrected chi connectivity index (χ1v) is 8.41. The summed E-state index contributed by atoms with van der Waals surface area (Å²) in [6.07, 6.45) is 7.65. The van der Waals surface area contributed by atoms with E-state index < -0.39 is 0 Å². The monoisotopic (exact) mass is 334 g/mol. The summed E-state index contributed by atoms with van der Waals surface area (Å²) in [7, 11) is 0. The van der Waals surface area contributed by atoms with Crippen LogP contribution in [0, 0.1) is 0 Å². The molecule has 0 spiro atoms. The summed E-state index contributed by atoms with van der Waals surface area (Å²) < 4.78 is 2.21. The molecule has 23 heavy (non-hydrogen) atoms. The maximum Gasteiger partial charge on any atom is 0.127 e. The highest BCUT2D eigenvalue weighted by atomic mass is 35.5. The Morgan fingerprint density at radius 3 is 2.65 bits per heavy atom. The standard InChI is InChI=1S/C18H26N4.ClH/c1-2-13-21(16-8-10-19-11-9-16)15-18-20-12-14-22(18)17-6-4-3-5-7-17;/h3-7,12,14,16,19H,2,8-11,13,15H2,1H3;1H. The van der Waals surface area contributed by atoms with Gasteiger partial charge in [0, 0.05) is 24.1 Å². The molecule has 1 fully saturated rings. The molecule has 1 aliphatic rings. The van der Waals surface area contributed by atoms with Gasteiger partial charge in [-0.1, -0.05) is 25.1 Å². The lowest BCUT2D eigenvalue weighted by molar-refractivity contribution is 0.150. The van der Waals surface area contributed by atoms with E-state index in [1.807, 2.05) is 6.20 Å². The number of para-hydroxylation sites is 1. The number of hydrogen-bond acceptors (Lipinski definition) is 3. The van der Waals surface area contributed by atoms with E-state index in [-0.39, 0.29) is 12.4 Å². The second-order valence-electron chi connectivity index (χ2n) is 6.00. The molecule has 0 atom stereocenters. The van der Waals surface area contributed by atoms with Crippen LogP contribution in [0.5, 0.6) is 0 Å². The van der Waals surface area contributed by atoms with Gasteiger partial charge in [0.25, 0.3) is 0 Å². The Hall–Kier alpha value is -1.36. The van der Waals surface area contributed by atoms with Crippen molar-refractivity contribution in [3.05, 3.63) is 48.5 Å². The van der Waals surface area contributed by atoms with Crippen LogP contribution >= 0.6 is 12.4 Å². The molecule has 2 aromatic rings. The summed E-state index contributed by atoms with van der Waals surface area (Å²) in [5.74, 6) is 1.14. The van der Waals surface area contributed by atoms with E-state index in [4.69, 9.17) is 0 Å². The van der Waals surface area contributed by atoms with E-state index in [0.717, 1.165) is 32.0 Å². The van der Waals surface area contributed by atoms with Crippen LogP contribution in [0.1, 0.15) is 32.0 Å². The molecular weight excluding hydrogens is 308 g/mol. The fraction of sp³-hybridized carbons (Fsp3) is 0.500. The zero-order valence-corrected chi connectivity index (χ0v) is 14.6. The summed E-state index contributed by atoms with van der Waals surface area (Å²) in [5.41, 5.74) is 1.19. The SMILES string of the molecule is CCCN(Cc1nccn1-c1ccccc1)C1CCNCC1.Cl. The number of halogens is 1. The van der Waals surface area contributed by atoms with Crippen molar-refractivity contribution in [2.45, 2.75) is 38.8 Å². The largest absolute Gasteiger partial charge is 0.317 e. The van der Waals surface area contributed by atoms with Crippen molar-refractivity contribution >= 4 is 12.4 Å². The smallest absolute Gasteiger partial charge is 0.127 e. The molecule has 0 saturated carbocycles. The summed E-state index contributed by atoms with van der Waals surface area (Å²) in [4.78, 5) is 7.23. The maximum absolute atomic E-state index is 4.62. The van der Waals surface area contributed by atoms with Crippen molar-refractivity contribution in [2.75, 3.05) is 19.6 Å². The predicted molar refractivity (Wildman–Crippen MR) is 97.4 cm³/mol. The second-order valence-corrected chi connectivity index (χ2v) is 6.00. The fourth-order valence-corrected chi connectivity index (χ4v) is 3.31. The van der Waals surface area contributed by atoms with E-state index in [2.05, 4.69) is 63.2 Å². The van der Waals surface area contributed by atoms with E-state index in [1.54, 1.807) is 0 Å². The molecule has 1 aromatic heterocycles. The van der Waals surface area contributed by atoms with Gasteiger partial charge in [0.2, 0.25) is 0 Å². The molecule has 0 bridgehead atoms. The van der Waals surface area contributed by atoms with Gasteiger partial charge in [0.05, 0.1) is 6.54 Å². The average molecular weight is 335 g/mol. The van der Waals surface area contributed by atoms with Gasteiger partial charge in [0.15, 0.2) is 0 Å². The molecule has 126 valence electrons. The molecule has 3 rings (SSSR count). The number of nitrogens with one attached hydrogen (secondary N) is 1. The lowest BCUT2D eigenvalue weighted by Gasteiger charge is -2.34. The van der Waals surface area contributed by atoms with Crippen LogP contribution in [-0.2, 0) is 6.54 Å². The van der Waals surface area contributed by atoms with Crippen LogP contribution in [-0.4, -0.2) is 40.1 Å². The normalized spacial score (nSPS) is 15.6. The predicted octanol–water partition coefficient (Wildman–Crippen LogP) is 3.26. The third-order valence-corrected chi connectivity index (χ3v) is 4.43. The van der Waals surface area contributed by atoms with Crippen molar-refractivity contribution in [2.24, 2.45) is 0 Å². The molecule has 5 heteroatoms. The van der Waals surface area contributed by atoms with Crippen molar-refractivity contribution in [1.82, 2.24) is 19.8 Å². The topological polar surface area (TPSA) is 33.1 Å². The molecule has 1 aromatic carbocycles. The highest BCUT2D eigenvalue weighted by molar-refractivity contribution is 5.85. The first-order valence-electron chi connectivity index (χ1n) is 8.41. The number of imidazole rings is 1. The molecular formula is C18H27ClN4. The van der Waals surface area contributed by atoms with Crippen LogP contribution in [0.2, 0.25) is 0 Å². The van der Waals surface area contributed by atoms with Gasteiger partial charge < -0.3 is 9.88 Å². The Balaban J connectivity index is 0.00000192. The summed E-state index contributed by atoms with van der Waals surface area (Å²) in [6, 6.07) is 11.2. The molecule has 0 unspecified atom stereocenters. The number of benzene rings is 1. The molecule has 0 amide bonds. The fourth-order valence-electron chi connectivity index (χ4n) is 3.31. The first-order chi connectivity index (χ1) is 10.9. The van der Waals surface area contributed by atoms with Crippen molar-refractivity contribution < 1.29 is 0 Å². The van der Waals surface area contributed by atoms with Crippen molar-refractivity contribution in [3.63, 3.8) is 0 Å². The molecule has 1 aliphatic heterocycles. The molecule has 0 radical (unpaired) electrons. The van der Waals surface area contributed by atoms with Crippen molar-refractivity contribution in [1.29, 1.82) is 0 Å². The molecule has 1 saturated heterocycles. The highest BCUT2D eigenvalue weighted by Gasteiger charge is 2.21. The van der Waals surface area contributed by atoms with E-state index in [1.165, 1.54) is 24.9 Å². The number of piperidine rings is 1. The Kier molecular flexibility index (Phi) is 7.09. The molecule has 2 heterocycles. The quantitative estimate of drug-likeness (QED) is 0.880. The van der Waals surface area contributed by atoms with Gasteiger partial charge in [-0.15, -0.1) is 12.4 Å². The Morgan fingerprint density at radius 1 is 1.22 bits per heavy atom. The summed E-state index contributed by atoms with van der Waals surface area (Å²) in [6.45, 7) is 6.61. The summed E-state index contributed by atoms with van der Waals surface area (Å²) in [5, 5.41) is 3.46. The van der Waals surface area contributed by atoms with Crippen LogP contribution < -0.4 is 5.32 Å². The van der Waals surface area contributed by atoms with Gasteiger partial charge in [-0.25, -0.2) is 4.98 Å². The zero-order chi connectivity index (χ0) is 15.2. The van der Waals surface area contributed by atoms with Gasteiger partial charge in [-0.2, -0.15) is 0 Å².